The molecule has 2 aromatic rings. The summed E-state index contributed by atoms with van der Waals surface area (Å²) in [5, 5.41) is 2.35. The highest BCUT2D eigenvalue weighted by atomic mass is 127. The molecule has 1 nitrogen and oxygen atoms in total. The molecule has 2 aromatic carbocycles. The predicted octanol–water partition coefficient (Wildman–Crippen LogP) is 3.03. The van der Waals surface area contributed by atoms with Crippen LogP contribution in [0.15, 0.2) is 36.4 Å². The van der Waals surface area contributed by atoms with E-state index in [1.54, 1.807) is 0 Å². The maximum Gasteiger partial charge on any atom is 0.0394 e. The molecule has 0 aromatic heterocycles. The van der Waals surface area contributed by atoms with Crippen molar-refractivity contribution in [2.45, 2.75) is 0 Å². The Hall–Kier alpha value is -0.770. The number of nitrogen functional groups attached to an aromatic ring is 1. The highest BCUT2D eigenvalue weighted by Gasteiger charge is 1.96. The molecule has 2 N–H and O–H groups in total. The van der Waals surface area contributed by atoms with Gasteiger partial charge in [-0.2, -0.15) is 0 Å². The fourth-order valence-corrected chi connectivity index (χ4v) is 1.76. The van der Waals surface area contributed by atoms with Crippen LogP contribution in [-0.4, -0.2) is 0 Å². The minimum Gasteiger partial charge on any atom is -0.398 e. The Labute approximate surface area is 84.7 Å². The number of fused-ring (bicyclic) bond motifs is 1. The van der Waals surface area contributed by atoms with E-state index in [0.29, 0.717) is 0 Å². The first-order valence-corrected chi connectivity index (χ1v) is 4.79. The van der Waals surface area contributed by atoms with Gasteiger partial charge in [-0.15, -0.1) is 0 Å². The van der Waals surface area contributed by atoms with Gasteiger partial charge in [-0.1, -0.05) is 18.2 Å². The molecule has 0 saturated carbocycles. The Morgan fingerprint density at radius 2 is 1.92 bits per heavy atom. The molecule has 0 saturated heterocycles. The lowest BCUT2D eigenvalue weighted by atomic mass is 10.1. The van der Waals surface area contributed by atoms with Gasteiger partial charge >= 0.3 is 0 Å². The molecule has 12 heavy (non-hydrogen) atoms. The number of hydrogen-bond acceptors (Lipinski definition) is 1. The van der Waals surface area contributed by atoms with Crippen molar-refractivity contribution in [3.05, 3.63) is 40.0 Å². The van der Waals surface area contributed by atoms with Gasteiger partial charge in [-0.25, -0.2) is 0 Å². The van der Waals surface area contributed by atoms with Gasteiger partial charge in [0.05, 0.1) is 0 Å². The first-order valence-electron chi connectivity index (χ1n) is 3.71. The Balaban J connectivity index is 2.88. The van der Waals surface area contributed by atoms with Gasteiger partial charge in [0.25, 0.3) is 0 Å². The molecular formula is C10H8IN. The van der Waals surface area contributed by atoms with Crippen molar-refractivity contribution in [3.8, 4) is 0 Å². The number of anilines is 1. The molecule has 0 heterocycles. The van der Waals surface area contributed by atoms with Crippen LogP contribution in [0.3, 0.4) is 0 Å². The summed E-state index contributed by atoms with van der Waals surface area (Å²) >= 11 is 2.29. The van der Waals surface area contributed by atoms with Gasteiger partial charge in [-0.3, -0.25) is 0 Å². The van der Waals surface area contributed by atoms with Crippen molar-refractivity contribution in [2.24, 2.45) is 0 Å². The van der Waals surface area contributed by atoms with Crippen molar-refractivity contribution >= 4 is 39.1 Å². The van der Waals surface area contributed by atoms with Crippen LogP contribution < -0.4 is 5.73 Å². The monoisotopic (exact) mass is 269 g/mol. The fourth-order valence-electron chi connectivity index (χ4n) is 1.27. The molecule has 60 valence electrons. The summed E-state index contributed by atoms with van der Waals surface area (Å²) in [5.41, 5.74) is 6.67. The number of benzene rings is 2. The highest BCUT2D eigenvalue weighted by molar-refractivity contribution is 14.1. The standard InChI is InChI=1S/C10H8IN/c11-8-5-4-7-2-1-3-10(12)9(7)6-8/h1-6H,12H2. The van der Waals surface area contributed by atoms with E-state index < -0.39 is 0 Å². The average Bonchev–Trinajstić information content (AvgIpc) is 2.07. The average molecular weight is 269 g/mol. The van der Waals surface area contributed by atoms with Gasteiger partial charge in [0, 0.05) is 14.6 Å². The van der Waals surface area contributed by atoms with E-state index in [9.17, 15) is 0 Å². The normalized spacial score (nSPS) is 10.4. The summed E-state index contributed by atoms with van der Waals surface area (Å²) in [6.45, 7) is 0. The van der Waals surface area contributed by atoms with Gasteiger partial charge in [-0.05, 0) is 46.2 Å². The van der Waals surface area contributed by atoms with Crippen LogP contribution in [0.1, 0.15) is 0 Å². The summed E-state index contributed by atoms with van der Waals surface area (Å²) in [4.78, 5) is 0. The molecule has 0 aliphatic carbocycles. The number of rotatable bonds is 0. The van der Waals surface area contributed by atoms with E-state index >= 15 is 0 Å². The zero-order valence-corrected chi connectivity index (χ0v) is 8.58. The maximum atomic E-state index is 5.82. The number of halogens is 1. The number of nitrogens with two attached hydrogens (primary N) is 1. The third-order valence-corrected chi connectivity index (χ3v) is 2.55. The Kier molecular flexibility index (Phi) is 1.92. The predicted molar refractivity (Wildman–Crippen MR) is 61.1 cm³/mol. The van der Waals surface area contributed by atoms with Crippen LogP contribution in [0.5, 0.6) is 0 Å². The topological polar surface area (TPSA) is 26.0 Å². The molecule has 2 heteroatoms. The van der Waals surface area contributed by atoms with Crippen LogP contribution in [0.4, 0.5) is 5.69 Å². The molecule has 0 fully saturated rings. The Morgan fingerprint density at radius 1 is 1.08 bits per heavy atom. The molecule has 0 aliphatic rings. The van der Waals surface area contributed by atoms with Crippen LogP contribution in [0.25, 0.3) is 10.8 Å². The van der Waals surface area contributed by atoms with Crippen LogP contribution in [-0.2, 0) is 0 Å². The second kappa shape index (κ2) is 2.94. The molecular weight excluding hydrogens is 261 g/mol. The molecule has 0 bridgehead atoms. The SMILES string of the molecule is Nc1cccc2ccc(I)cc12. The third kappa shape index (κ3) is 1.27. The van der Waals surface area contributed by atoms with E-state index in [4.69, 9.17) is 5.73 Å². The lowest BCUT2D eigenvalue weighted by Gasteiger charge is -2.01. The summed E-state index contributed by atoms with van der Waals surface area (Å²) in [5.74, 6) is 0. The van der Waals surface area contributed by atoms with Crippen molar-refractivity contribution in [1.82, 2.24) is 0 Å². The molecule has 0 spiro atoms. The van der Waals surface area contributed by atoms with Crippen molar-refractivity contribution < 1.29 is 0 Å². The van der Waals surface area contributed by atoms with Gasteiger partial charge in [0.2, 0.25) is 0 Å². The van der Waals surface area contributed by atoms with E-state index in [-0.39, 0.29) is 0 Å². The Bertz CT molecular complexity index is 423. The maximum absolute atomic E-state index is 5.82. The quantitative estimate of drug-likeness (QED) is 0.577. The van der Waals surface area contributed by atoms with Crippen molar-refractivity contribution in [1.29, 1.82) is 0 Å². The van der Waals surface area contributed by atoms with Gasteiger partial charge in [0.15, 0.2) is 0 Å². The Morgan fingerprint density at radius 3 is 2.75 bits per heavy atom. The van der Waals surface area contributed by atoms with E-state index in [1.807, 2.05) is 12.1 Å². The van der Waals surface area contributed by atoms with Crippen LogP contribution in [0, 0.1) is 3.57 Å². The third-order valence-electron chi connectivity index (χ3n) is 1.88. The first-order chi connectivity index (χ1) is 5.77. The van der Waals surface area contributed by atoms with Gasteiger partial charge in [0.1, 0.15) is 0 Å². The highest BCUT2D eigenvalue weighted by Crippen LogP contribution is 2.22. The second-order valence-electron chi connectivity index (χ2n) is 2.71. The summed E-state index contributed by atoms with van der Waals surface area (Å²) in [6, 6.07) is 12.3. The fraction of sp³-hybridized carbons (Fsp3) is 0. The number of hydrogen-bond donors (Lipinski definition) is 1. The molecule has 0 aliphatic heterocycles. The van der Waals surface area contributed by atoms with Crippen molar-refractivity contribution in [3.63, 3.8) is 0 Å². The van der Waals surface area contributed by atoms with E-state index in [2.05, 4.69) is 46.9 Å². The van der Waals surface area contributed by atoms with Gasteiger partial charge < -0.3 is 5.73 Å². The second-order valence-corrected chi connectivity index (χ2v) is 3.96. The summed E-state index contributed by atoms with van der Waals surface area (Å²) < 4.78 is 1.22. The lowest BCUT2D eigenvalue weighted by Crippen LogP contribution is -1.86. The summed E-state index contributed by atoms with van der Waals surface area (Å²) in [6.07, 6.45) is 0. The smallest absolute Gasteiger partial charge is 0.0394 e. The van der Waals surface area contributed by atoms with E-state index in [0.717, 1.165) is 11.1 Å². The van der Waals surface area contributed by atoms with Crippen LogP contribution >= 0.6 is 22.6 Å². The zero-order chi connectivity index (χ0) is 8.55. The molecule has 0 atom stereocenters. The summed E-state index contributed by atoms with van der Waals surface area (Å²) in [7, 11) is 0. The minimum absolute atomic E-state index is 0.853. The van der Waals surface area contributed by atoms with Crippen LogP contribution in [0.2, 0.25) is 0 Å². The molecule has 0 amide bonds. The molecule has 0 unspecified atom stereocenters. The molecule has 2 rings (SSSR count). The lowest BCUT2D eigenvalue weighted by molar-refractivity contribution is 1.69. The van der Waals surface area contributed by atoms with E-state index in [1.165, 1.54) is 8.96 Å². The first kappa shape index (κ1) is 7.86. The van der Waals surface area contributed by atoms with Crippen molar-refractivity contribution in [2.75, 3.05) is 5.73 Å². The largest absolute Gasteiger partial charge is 0.398 e. The minimum atomic E-state index is 0.853. The zero-order valence-electron chi connectivity index (χ0n) is 6.42. The molecule has 0 radical (unpaired) electrons.